The Balaban J connectivity index is 1.13. The molecule has 1 saturated heterocycles. The molecule has 7 nitrogen and oxygen atoms in total. The van der Waals surface area contributed by atoms with Crippen molar-refractivity contribution in [3.63, 3.8) is 0 Å². The summed E-state index contributed by atoms with van der Waals surface area (Å²) in [6.07, 6.45) is 5.30. The number of benzene rings is 1. The molecule has 35 heavy (non-hydrogen) atoms. The van der Waals surface area contributed by atoms with Gasteiger partial charge in [0.25, 0.3) is 0 Å². The van der Waals surface area contributed by atoms with Crippen LogP contribution in [0.15, 0.2) is 42.6 Å². The number of carbonyl (C=O) groups excluding carboxylic acids is 3. The predicted molar refractivity (Wildman–Crippen MR) is 126 cm³/mol. The van der Waals surface area contributed by atoms with E-state index in [1.54, 1.807) is 29.3 Å². The van der Waals surface area contributed by atoms with E-state index in [0.29, 0.717) is 29.1 Å². The van der Waals surface area contributed by atoms with Gasteiger partial charge in [-0.2, -0.15) is 5.10 Å². The van der Waals surface area contributed by atoms with Crippen molar-refractivity contribution in [1.82, 2.24) is 19.7 Å². The van der Waals surface area contributed by atoms with Gasteiger partial charge in [0.2, 0.25) is 5.91 Å². The SMILES string of the molecule is CC(=O)c1nn(CC(=O)N2[C@@H]3C[C@@H]3C[C@H]2C(=O)CC2CC(c3ccccc3F)C2)c2ncccc12. The Labute approximate surface area is 202 Å². The molecule has 2 saturated carbocycles. The number of piperidine rings is 1. The molecule has 1 aliphatic heterocycles. The Morgan fingerprint density at radius 1 is 1.06 bits per heavy atom. The molecule has 0 bridgehead atoms. The number of fused-ring (bicyclic) bond motifs is 2. The average molecular weight is 475 g/mol. The Morgan fingerprint density at radius 2 is 1.86 bits per heavy atom. The first-order valence-corrected chi connectivity index (χ1v) is 12.3. The molecule has 3 heterocycles. The number of ketones is 2. The quantitative estimate of drug-likeness (QED) is 0.485. The van der Waals surface area contributed by atoms with Gasteiger partial charge in [-0.15, -0.1) is 0 Å². The molecule has 0 unspecified atom stereocenters. The Kier molecular flexibility index (Phi) is 5.27. The molecule has 6 rings (SSSR count). The van der Waals surface area contributed by atoms with Crippen molar-refractivity contribution in [2.24, 2.45) is 11.8 Å². The van der Waals surface area contributed by atoms with E-state index in [0.717, 1.165) is 31.2 Å². The first kappa shape index (κ1) is 22.1. The van der Waals surface area contributed by atoms with Crippen molar-refractivity contribution in [1.29, 1.82) is 0 Å². The number of nitrogens with zero attached hydrogens (tertiary/aromatic N) is 4. The fourth-order valence-corrected chi connectivity index (χ4v) is 6.07. The molecule has 1 aromatic carbocycles. The number of likely N-dealkylation sites (tertiary alicyclic amines) is 1. The summed E-state index contributed by atoms with van der Waals surface area (Å²) in [4.78, 5) is 44.8. The minimum atomic E-state index is -0.402. The fourth-order valence-electron chi connectivity index (χ4n) is 6.07. The molecule has 0 spiro atoms. The van der Waals surface area contributed by atoms with Crippen LogP contribution in [0.4, 0.5) is 4.39 Å². The summed E-state index contributed by atoms with van der Waals surface area (Å²) in [5, 5.41) is 4.99. The summed E-state index contributed by atoms with van der Waals surface area (Å²) in [5.41, 5.74) is 1.53. The number of rotatable bonds is 7. The molecule has 2 aromatic heterocycles. The van der Waals surface area contributed by atoms with Gasteiger partial charge in [0.1, 0.15) is 18.1 Å². The van der Waals surface area contributed by atoms with Crippen LogP contribution < -0.4 is 0 Å². The monoisotopic (exact) mass is 474 g/mol. The van der Waals surface area contributed by atoms with Gasteiger partial charge in [-0.05, 0) is 67.2 Å². The van der Waals surface area contributed by atoms with Crippen LogP contribution in [-0.2, 0) is 16.1 Å². The zero-order valence-electron chi connectivity index (χ0n) is 19.6. The van der Waals surface area contributed by atoms with Crippen molar-refractivity contribution >= 4 is 28.5 Å². The second-order valence-corrected chi connectivity index (χ2v) is 10.3. The Hall–Kier alpha value is -3.42. The number of aromatic nitrogens is 3. The van der Waals surface area contributed by atoms with Gasteiger partial charge in [0.05, 0.1) is 11.4 Å². The molecule has 2 aliphatic carbocycles. The first-order chi connectivity index (χ1) is 16.9. The van der Waals surface area contributed by atoms with Crippen LogP contribution in [0.3, 0.4) is 0 Å². The van der Waals surface area contributed by atoms with Crippen molar-refractivity contribution in [3.8, 4) is 0 Å². The normalized spacial score (nSPS) is 26.9. The highest BCUT2D eigenvalue weighted by Crippen LogP contribution is 2.50. The lowest BCUT2D eigenvalue weighted by atomic mass is 9.69. The van der Waals surface area contributed by atoms with E-state index in [4.69, 9.17) is 0 Å². The molecular weight excluding hydrogens is 447 g/mol. The van der Waals surface area contributed by atoms with Crippen LogP contribution >= 0.6 is 0 Å². The van der Waals surface area contributed by atoms with E-state index in [1.807, 2.05) is 12.1 Å². The number of amides is 1. The minimum absolute atomic E-state index is 0.0490. The largest absolute Gasteiger partial charge is 0.328 e. The van der Waals surface area contributed by atoms with Crippen molar-refractivity contribution in [2.75, 3.05) is 0 Å². The van der Waals surface area contributed by atoms with Gasteiger partial charge in [-0.3, -0.25) is 14.4 Å². The fraction of sp³-hybridized carbons (Fsp3) is 0.444. The van der Waals surface area contributed by atoms with Crippen molar-refractivity contribution in [2.45, 2.75) is 63.6 Å². The van der Waals surface area contributed by atoms with Gasteiger partial charge >= 0.3 is 0 Å². The van der Waals surface area contributed by atoms with Crippen LogP contribution in [0.1, 0.15) is 61.0 Å². The molecule has 0 N–H and O–H groups in total. The molecular formula is C27H27FN4O3. The highest BCUT2D eigenvalue weighted by Gasteiger charge is 2.56. The van der Waals surface area contributed by atoms with Crippen LogP contribution in [0, 0.1) is 17.7 Å². The third-order valence-corrected chi connectivity index (χ3v) is 7.96. The van der Waals surface area contributed by atoms with E-state index in [-0.39, 0.29) is 47.7 Å². The first-order valence-electron chi connectivity index (χ1n) is 12.3. The van der Waals surface area contributed by atoms with Crippen molar-refractivity contribution < 1.29 is 18.8 Å². The average Bonchev–Trinajstić information content (AvgIpc) is 3.32. The number of hydrogen-bond acceptors (Lipinski definition) is 5. The van der Waals surface area contributed by atoms with E-state index in [1.165, 1.54) is 17.7 Å². The van der Waals surface area contributed by atoms with Gasteiger partial charge in [-0.25, -0.2) is 14.1 Å². The number of halogens is 1. The number of hydrogen-bond donors (Lipinski definition) is 0. The second kappa shape index (κ2) is 8.36. The second-order valence-electron chi connectivity index (χ2n) is 10.3. The lowest BCUT2D eigenvalue weighted by molar-refractivity contribution is -0.140. The van der Waals surface area contributed by atoms with Crippen molar-refractivity contribution in [3.05, 3.63) is 59.7 Å². The molecule has 3 aliphatic rings. The summed E-state index contributed by atoms with van der Waals surface area (Å²) in [7, 11) is 0. The molecule has 3 atom stereocenters. The summed E-state index contributed by atoms with van der Waals surface area (Å²) in [6.45, 7) is 1.40. The molecule has 1 amide bonds. The molecule has 8 heteroatoms. The molecule has 3 fully saturated rings. The smallest absolute Gasteiger partial charge is 0.245 e. The maximum absolute atomic E-state index is 14.1. The lowest BCUT2D eigenvalue weighted by Gasteiger charge is -2.37. The maximum atomic E-state index is 14.1. The molecule has 0 radical (unpaired) electrons. The third-order valence-electron chi connectivity index (χ3n) is 7.96. The van der Waals surface area contributed by atoms with Gasteiger partial charge in [0, 0.05) is 25.6 Å². The van der Waals surface area contributed by atoms with E-state index in [9.17, 15) is 18.8 Å². The van der Waals surface area contributed by atoms with E-state index >= 15 is 0 Å². The number of carbonyl (C=O) groups is 3. The predicted octanol–water partition coefficient (Wildman–Crippen LogP) is 3.92. The topological polar surface area (TPSA) is 85.2 Å². The lowest BCUT2D eigenvalue weighted by Crippen LogP contribution is -2.45. The summed E-state index contributed by atoms with van der Waals surface area (Å²) >= 11 is 0. The van der Waals surface area contributed by atoms with Gasteiger partial charge in [0.15, 0.2) is 17.2 Å². The van der Waals surface area contributed by atoms with E-state index in [2.05, 4.69) is 10.1 Å². The highest BCUT2D eigenvalue weighted by molar-refractivity contribution is 6.04. The molecule has 180 valence electrons. The van der Waals surface area contributed by atoms with Crippen LogP contribution in [-0.4, -0.2) is 49.2 Å². The maximum Gasteiger partial charge on any atom is 0.245 e. The third kappa shape index (κ3) is 3.85. The highest BCUT2D eigenvalue weighted by atomic mass is 19.1. The van der Waals surface area contributed by atoms with Gasteiger partial charge in [-0.1, -0.05) is 18.2 Å². The summed E-state index contributed by atoms with van der Waals surface area (Å²) in [6, 6.07) is 10.1. The Morgan fingerprint density at radius 3 is 2.63 bits per heavy atom. The zero-order valence-corrected chi connectivity index (χ0v) is 19.6. The summed E-state index contributed by atoms with van der Waals surface area (Å²) in [5.74, 6) is 0.383. The van der Waals surface area contributed by atoms with Crippen LogP contribution in [0.25, 0.3) is 11.0 Å². The minimum Gasteiger partial charge on any atom is -0.328 e. The standard InChI is InChI=1S/C27H27FN4O3/c1-15(33)26-20-6-4-8-29-27(20)31(30-26)14-25(35)32-22-12-18(22)13-23(32)24(34)11-16-9-17(10-16)19-5-2-3-7-21(19)28/h2-8,16-18,22-23H,9-14H2,1H3/t16?,17?,18-,22-,23+/m1/s1. The Bertz CT molecular complexity index is 1350. The summed E-state index contributed by atoms with van der Waals surface area (Å²) < 4.78 is 15.5. The number of Topliss-reactive ketones (excluding diaryl/α,β-unsaturated/α-hetero) is 2. The number of pyridine rings is 1. The molecule has 3 aromatic rings. The van der Waals surface area contributed by atoms with Crippen LogP contribution in [0.2, 0.25) is 0 Å². The van der Waals surface area contributed by atoms with E-state index < -0.39 is 6.04 Å². The van der Waals surface area contributed by atoms with Gasteiger partial charge < -0.3 is 4.90 Å². The zero-order chi connectivity index (χ0) is 24.3. The van der Waals surface area contributed by atoms with Crippen LogP contribution in [0.5, 0.6) is 0 Å².